The third kappa shape index (κ3) is 2.03. The van der Waals surface area contributed by atoms with Crippen molar-refractivity contribution in [3.8, 4) is 0 Å². The molecule has 64 valence electrons. The van der Waals surface area contributed by atoms with Crippen LogP contribution in [0, 0.1) is 17.8 Å². The predicted molar refractivity (Wildman–Crippen MR) is 43.3 cm³/mol. The molecule has 0 aliphatic heterocycles. The third-order valence-corrected chi connectivity index (χ3v) is 2.52. The zero-order valence-corrected chi connectivity index (χ0v) is 7.46. The van der Waals surface area contributed by atoms with Crippen LogP contribution in [0.25, 0.3) is 0 Å². The van der Waals surface area contributed by atoms with E-state index in [-0.39, 0.29) is 0 Å². The molecule has 0 aromatic carbocycles. The van der Waals surface area contributed by atoms with Crippen molar-refractivity contribution in [2.24, 2.45) is 17.8 Å². The van der Waals surface area contributed by atoms with Crippen LogP contribution in [0.15, 0.2) is 0 Å². The first-order valence-electron chi connectivity index (χ1n) is 4.16. The highest BCUT2D eigenvalue weighted by molar-refractivity contribution is 5.81. The number of Topliss-reactive ketones (excluding diaryl/α,β-unsaturated/α-hetero) is 1. The molecule has 1 aliphatic rings. The summed E-state index contributed by atoms with van der Waals surface area (Å²) in [5, 5.41) is 0. The van der Waals surface area contributed by atoms with Crippen LogP contribution < -0.4 is 0 Å². The number of carbonyl (C=O) groups excluding carboxylic acids is 1. The van der Waals surface area contributed by atoms with Crippen LogP contribution in [0.3, 0.4) is 0 Å². The minimum atomic E-state index is 0.345. The Morgan fingerprint density at radius 1 is 1.73 bits per heavy atom. The summed E-state index contributed by atoms with van der Waals surface area (Å²) in [5.41, 5.74) is 0. The Balaban J connectivity index is 2.25. The molecule has 0 N–H and O–H groups in total. The van der Waals surface area contributed by atoms with Crippen molar-refractivity contribution in [3.05, 3.63) is 0 Å². The lowest BCUT2D eigenvalue weighted by Gasteiger charge is -2.07. The number of rotatable bonds is 4. The first-order chi connectivity index (χ1) is 5.16. The molecule has 0 aromatic rings. The van der Waals surface area contributed by atoms with Gasteiger partial charge in [0.15, 0.2) is 0 Å². The Morgan fingerprint density at radius 2 is 2.36 bits per heavy atom. The maximum absolute atomic E-state index is 10.9. The smallest absolute Gasteiger partial charge is 0.133 e. The van der Waals surface area contributed by atoms with Gasteiger partial charge in [-0.3, -0.25) is 4.79 Å². The molecule has 0 aromatic heterocycles. The zero-order valence-electron chi connectivity index (χ0n) is 7.46. The summed E-state index contributed by atoms with van der Waals surface area (Å²) in [4.78, 5) is 10.9. The largest absolute Gasteiger partial charge is 0.384 e. The van der Waals surface area contributed by atoms with E-state index in [9.17, 15) is 4.79 Å². The molecular formula is C9H16O2. The second kappa shape index (κ2) is 3.35. The molecular weight excluding hydrogens is 140 g/mol. The summed E-state index contributed by atoms with van der Waals surface area (Å²) in [6.45, 7) is 4.62. The fraction of sp³-hybridized carbons (Fsp3) is 0.889. The summed E-state index contributed by atoms with van der Waals surface area (Å²) in [7, 11) is 1.71. The SMILES string of the molecule is COCC(C)C1CC1C(C)=O. The second-order valence-electron chi connectivity index (χ2n) is 3.55. The summed E-state index contributed by atoms with van der Waals surface area (Å²) < 4.78 is 5.02. The van der Waals surface area contributed by atoms with E-state index in [2.05, 4.69) is 6.92 Å². The first kappa shape index (κ1) is 8.72. The monoisotopic (exact) mass is 156 g/mol. The van der Waals surface area contributed by atoms with Crippen molar-refractivity contribution < 1.29 is 9.53 Å². The molecule has 1 fully saturated rings. The van der Waals surface area contributed by atoms with Gasteiger partial charge in [0, 0.05) is 19.6 Å². The van der Waals surface area contributed by atoms with Crippen LogP contribution >= 0.6 is 0 Å². The molecule has 0 bridgehead atoms. The van der Waals surface area contributed by atoms with Crippen LogP contribution in [0.4, 0.5) is 0 Å². The van der Waals surface area contributed by atoms with Crippen molar-refractivity contribution in [3.63, 3.8) is 0 Å². The second-order valence-corrected chi connectivity index (χ2v) is 3.55. The van der Waals surface area contributed by atoms with Crippen molar-refractivity contribution in [1.82, 2.24) is 0 Å². The predicted octanol–water partition coefficient (Wildman–Crippen LogP) is 1.49. The lowest BCUT2D eigenvalue weighted by Crippen LogP contribution is -2.09. The molecule has 11 heavy (non-hydrogen) atoms. The van der Waals surface area contributed by atoms with E-state index < -0.39 is 0 Å². The van der Waals surface area contributed by atoms with E-state index in [4.69, 9.17) is 4.74 Å². The van der Waals surface area contributed by atoms with Crippen molar-refractivity contribution in [1.29, 1.82) is 0 Å². The van der Waals surface area contributed by atoms with Gasteiger partial charge in [-0.15, -0.1) is 0 Å². The van der Waals surface area contributed by atoms with Gasteiger partial charge >= 0.3 is 0 Å². The highest BCUT2D eigenvalue weighted by Crippen LogP contribution is 2.44. The van der Waals surface area contributed by atoms with Crippen LogP contribution in [0.1, 0.15) is 20.3 Å². The standard InChI is InChI=1S/C9H16O2/c1-6(5-11-3)8-4-9(8)7(2)10/h6,8-9H,4-5H2,1-3H3. The molecule has 2 nitrogen and oxygen atoms in total. The zero-order chi connectivity index (χ0) is 8.43. The van der Waals surface area contributed by atoms with Gasteiger partial charge in [-0.2, -0.15) is 0 Å². The normalized spacial score (nSPS) is 31.5. The van der Waals surface area contributed by atoms with E-state index in [0.717, 1.165) is 13.0 Å². The number of hydrogen-bond acceptors (Lipinski definition) is 2. The topological polar surface area (TPSA) is 26.3 Å². The molecule has 0 heterocycles. The lowest BCUT2D eigenvalue weighted by atomic mass is 10.0. The summed E-state index contributed by atoms with van der Waals surface area (Å²) in [6.07, 6.45) is 1.08. The van der Waals surface area contributed by atoms with Gasteiger partial charge in [0.25, 0.3) is 0 Å². The van der Waals surface area contributed by atoms with Crippen molar-refractivity contribution >= 4 is 5.78 Å². The van der Waals surface area contributed by atoms with Crippen LogP contribution in [-0.4, -0.2) is 19.5 Å². The molecule has 2 heteroatoms. The van der Waals surface area contributed by atoms with Crippen LogP contribution in [-0.2, 0) is 9.53 Å². The van der Waals surface area contributed by atoms with E-state index in [1.165, 1.54) is 0 Å². The maximum Gasteiger partial charge on any atom is 0.133 e. The molecule has 0 amide bonds. The number of carbonyl (C=O) groups is 1. The Kier molecular flexibility index (Phi) is 2.66. The Labute approximate surface area is 67.9 Å². The molecule has 0 saturated heterocycles. The van der Waals surface area contributed by atoms with Gasteiger partial charge in [0.1, 0.15) is 5.78 Å². The molecule has 1 saturated carbocycles. The van der Waals surface area contributed by atoms with Crippen LogP contribution in [0.5, 0.6) is 0 Å². The molecule has 3 atom stereocenters. The van der Waals surface area contributed by atoms with E-state index in [1.54, 1.807) is 14.0 Å². The van der Waals surface area contributed by atoms with Crippen molar-refractivity contribution in [2.75, 3.05) is 13.7 Å². The van der Waals surface area contributed by atoms with Gasteiger partial charge in [0.2, 0.25) is 0 Å². The van der Waals surface area contributed by atoms with Gasteiger partial charge in [-0.05, 0) is 25.2 Å². The maximum atomic E-state index is 10.9. The molecule has 0 radical (unpaired) electrons. The molecule has 1 aliphatic carbocycles. The average molecular weight is 156 g/mol. The summed E-state index contributed by atoms with van der Waals surface area (Å²) in [5.74, 6) is 1.85. The minimum absolute atomic E-state index is 0.345. The van der Waals surface area contributed by atoms with Crippen molar-refractivity contribution in [2.45, 2.75) is 20.3 Å². The number of methoxy groups -OCH3 is 1. The average Bonchev–Trinajstić information content (AvgIpc) is 2.65. The number of ether oxygens (including phenoxy) is 1. The summed E-state index contributed by atoms with van der Waals surface area (Å²) >= 11 is 0. The first-order valence-corrected chi connectivity index (χ1v) is 4.16. The highest BCUT2D eigenvalue weighted by Gasteiger charge is 2.43. The van der Waals surface area contributed by atoms with E-state index >= 15 is 0 Å². The van der Waals surface area contributed by atoms with Gasteiger partial charge < -0.3 is 4.74 Å². The van der Waals surface area contributed by atoms with E-state index in [1.807, 2.05) is 0 Å². The minimum Gasteiger partial charge on any atom is -0.384 e. The lowest BCUT2D eigenvalue weighted by molar-refractivity contribution is -0.118. The fourth-order valence-corrected chi connectivity index (χ4v) is 1.70. The Hall–Kier alpha value is -0.370. The van der Waals surface area contributed by atoms with Crippen LogP contribution in [0.2, 0.25) is 0 Å². The Morgan fingerprint density at radius 3 is 2.73 bits per heavy atom. The third-order valence-electron chi connectivity index (χ3n) is 2.52. The summed E-state index contributed by atoms with van der Waals surface area (Å²) in [6, 6.07) is 0. The number of hydrogen-bond donors (Lipinski definition) is 0. The van der Waals surface area contributed by atoms with Gasteiger partial charge in [-0.1, -0.05) is 6.92 Å². The number of ketones is 1. The quantitative estimate of drug-likeness (QED) is 0.616. The Bertz CT molecular complexity index is 154. The molecule has 1 rings (SSSR count). The molecule has 0 spiro atoms. The fourth-order valence-electron chi connectivity index (χ4n) is 1.70. The van der Waals surface area contributed by atoms with Gasteiger partial charge in [0.05, 0.1) is 0 Å². The highest BCUT2D eigenvalue weighted by atomic mass is 16.5. The van der Waals surface area contributed by atoms with Gasteiger partial charge in [-0.25, -0.2) is 0 Å². The van der Waals surface area contributed by atoms with E-state index in [0.29, 0.717) is 23.5 Å². The molecule has 3 unspecified atom stereocenters.